The first-order valence-corrected chi connectivity index (χ1v) is 9.57. The molecule has 154 valence electrons. The van der Waals surface area contributed by atoms with Crippen LogP contribution in [0.2, 0.25) is 0 Å². The van der Waals surface area contributed by atoms with Crippen LogP contribution in [0.1, 0.15) is 25.8 Å². The second-order valence-corrected chi connectivity index (χ2v) is 6.48. The lowest BCUT2D eigenvalue weighted by atomic mass is 10.1. The molecule has 2 aromatic carbocycles. The number of carbonyl (C=O) groups is 2. The molecule has 0 heterocycles. The van der Waals surface area contributed by atoms with Crippen molar-refractivity contribution in [3.8, 4) is 11.5 Å². The summed E-state index contributed by atoms with van der Waals surface area (Å²) in [5.41, 5.74) is 1.42. The Morgan fingerprint density at radius 3 is 2.41 bits per heavy atom. The lowest BCUT2D eigenvalue weighted by molar-refractivity contribution is -0.134. The first-order valence-electron chi connectivity index (χ1n) is 9.57. The third-order valence-corrected chi connectivity index (χ3v) is 4.47. The Labute approximate surface area is 172 Å². The molecule has 0 aliphatic heterocycles. The summed E-state index contributed by atoms with van der Waals surface area (Å²) in [6, 6.07) is 14.0. The van der Waals surface area contributed by atoms with Crippen LogP contribution in [0.15, 0.2) is 54.6 Å². The topological polar surface area (TPSA) is 67.9 Å². The minimum absolute atomic E-state index is 0.231. The van der Waals surface area contributed by atoms with Crippen molar-refractivity contribution in [2.45, 2.75) is 26.3 Å². The Morgan fingerprint density at radius 2 is 1.79 bits per heavy atom. The Kier molecular flexibility index (Phi) is 8.27. The molecule has 1 atom stereocenters. The highest BCUT2D eigenvalue weighted by Crippen LogP contribution is 2.31. The molecule has 0 saturated carbocycles. The predicted octanol–water partition coefficient (Wildman–Crippen LogP) is 3.98. The third-order valence-electron chi connectivity index (χ3n) is 4.47. The monoisotopic (exact) mass is 396 g/mol. The Hall–Kier alpha value is -3.28. The highest BCUT2D eigenvalue weighted by Gasteiger charge is 2.24. The normalized spacial score (nSPS) is 11.7. The maximum atomic E-state index is 12.8. The summed E-state index contributed by atoms with van der Waals surface area (Å²) in [4.78, 5) is 27.0. The fourth-order valence-electron chi connectivity index (χ4n) is 2.95. The Balaban J connectivity index is 2.16. The minimum Gasteiger partial charge on any atom is -0.493 e. The number of carbonyl (C=O) groups excluding carboxylic acids is 2. The van der Waals surface area contributed by atoms with Crippen LogP contribution >= 0.6 is 0 Å². The van der Waals surface area contributed by atoms with Crippen LogP contribution < -0.4 is 14.8 Å². The van der Waals surface area contributed by atoms with Gasteiger partial charge in [-0.25, -0.2) is 0 Å². The molecule has 0 spiro atoms. The van der Waals surface area contributed by atoms with Crippen LogP contribution in [0.5, 0.6) is 11.5 Å². The van der Waals surface area contributed by atoms with Crippen LogP contribution in [0.3, 0.4) is 0 Å². The van der Waals surface area contributed by atoms with Crippen LogP contribution in [-0.2, 0) is 9.59 Å². The average molecular weight is 396 g/mol. The zero-order chi connectivity index (χ0) is 21.2. The number of hydrogen-bond donors (Lipinski definition) is 1. The van der Waals surface area contributed by atoms with Crippen molar-refractivity contribution in [2.24, 2.45) is 0 Å². The zero-order valence-electron chi connectivity index (χ0n) is 17.3. The molecular formula is C23H28N2O4. The van der Waals surface area contributed by atoms with E-state index in [-0.39, 0.29) is 11.8 Å². The van der Waals surface area contributed by atoms with E-state index in [9.17, 15) is 9.59 Å². The van der Waals surface area contributed by atoms with E-state index in [1.54, 1.807) is 38.2 Å². The summed E-state index contributed by atoms with van der Waals surface area (Å²) < 4.78 is 10.7. The second kappa shape index (κ2) is 10.9. The van der Waals surface area contributed by atoms with Gasteiger partial charge in [-0.1, -0.05) is 37.3 Å². The van der Waals surface area contributed by atoms with E-state index >= 15 is 0 Å². The SMILES string of the molecule is CCCN(C(=O)/C=C/c1cccc(OC)c1OC)[C@@H](C)C(=O)Nc1ccccc1. The number of benzene rings is 2. The largest absolute Gasteiger partial charge is 0.493 e. The van der Waals surface area contributed by atoms with Gasteiger partial charge in [0.1, 0.15) is 6.04 Å². The molecule has 0 aliphatic rings. The first-order chi connectivity index (χ1) is 14.0. The Bertz CT molecular complexity index is 849. The molecule has 6 nitrogen and oxygen atoms in total. The highest BCUT2D eigenvalue weighted by molar-refractivity contribution is 6.00. The molecule has 29 heavy (non-hydrogen) atoms. The third kappa shape index (κ3) is 5.85. The smallest absolute Gasteiger partial charge is 0.247 e. The molecule has 2 amide bonds. The second-order valence-electron chi connectivity index (χ2n) is 6.48. The van der Waals surface area contributed by atoms with Crippen molar-refractivity contribution in [3.05, 3.63) is 60.2 Å². The minimum atomic E-state index is -0.612. The number of methoxy groups -OCH3 is 2. The molecule has 1 N–H and O–H groups in total. The number of ether oxygens (including phenoxy) is 2. The summed E-state index contributed by atoms with van der Waals surface area (Å²) in [6.45, 7) is 4.17. The van der Waals surface area contributed by atoms with Gasteiger partial charge in [-0.15, -0.1) is 0 Å². The summed E-state index contributed by atoms with van der Waals surface area (Å²) in [5.74, 6) is 0.664. The first kappa shape index (κ1) is 22.0. The van der Waals surface area contributed by atoms with Gasteiger partial charge in [-0.05, 0) is 37.6 Å². The molecule has 0 saturated heterocycles. The average Bonchev–Trinajstić information content (AvgIpc) is 2.75. The number of para-hydroxylation sites is 2. The van der Waals surface area contributed by atoms with Crippen molar-refractivity contribution < 1.29 is 19.1 Å². The van der Waals surface area contributed by atoms with Gasteiger partial charge in [0.25, 0.3) is 0 Å². The summed E-state index contributed by atoms with van der Waals surface area (Å²) in [7, 11) is 3.11. The Morgan fingerprint density at radius 1 is 1.07 bits per heavy atom. The van der Waals surface area contributed by atoms with Gasteiger partial charge < -0.3 is 19.7 Å². The molecule has 0 radical (unpaired) electrons. The summed E-state index contributed by atoms with van der Waals surface area (Å²) in [5, 5.41) is 2.85. The lowest BCUT2D eigenvalue weighted by Gasteiger charge is -2.27. The molecule has 6 heteroatoms. The van der Waals surface area contributed by atoms with Crippen molar-refractivity contribution >= 4 is 23.6 Å². The van der Waals surface area contributed by atoms with Crippen molar-refractivity contribution in [3.63, 3.8) is 0 Å². The van der Waals surface area contributed by atoms with Gasteiger partial charge >= 0.3 is 0 Å². The summed E-state index contributed by atoms with van der Waals surface area (Å²) in [6.07, 6.45) is 3.87. The van der Waals surface area contributed by atoms with Crippen molar-refractivity contribution in [1.29, 1.82) is 0 Å². The maximum absolute atomic E-state index is 12.8. The van der Waals surface area contributed by atoms with Gasteiger partial charge in [-0.3, -0.25) is 9.59 Å². The van der Waals surface area contributed by atoms with E-state index in [2.05, 4.69) is 5.32 Å². The molecule has 2 rings (SSSR count). The standard InChI is InChI=1S/C23H28N2O4/c1-5-16-25(17(2)23(27)24-19-11-7-6-8-12-19)21(26)15-14-18-10-9-13-20(28-3)22(18)29-4/h6-15,17H,5,16H2,1-4H3,(H,24,27)/b15-14+/t17-/m0/s1. The number of amides is 2. The number of nitrogens with zero attached hydrogens (tertiary/aromatic N) is 1. The van der Waals surface area contributed by atoms with Crippen molar-refractivity contribution in [1.82, 2.24) is 4.90 Å². The van der Waals surface area contributed by atoms with E-state index in [1.165, 1.54) is 6.08 Å². The molecule has 0 aliphatic carbocycles. The molecule has 0 unspecified atom stereocenters. The molecular weight excluding hydrogens is 368 g/mol. The number of anilines is 1. The zero-order valence-corrected chi connectivity index (χ0v) is 17.3. The van der Waals surface area contributed by atoms with Crippen molar-refractivity contribution in [2.75, 3.05) is 26.1 Å². The molecule has 0 fully saturated rings. The highest BCUT2D eigenvalue weighted by atomic mass is 16.5. The predicted molar refractivity (Wildman–Crippen MR) is 115 cm³/mol. The van der Waals surface area contributed by atoms with Crippen LogP contribution in [0.25, 0.3) is 6.08 Å². The fourth-order valence-corrected chi connectivity index (χ4v) is 2.95. The van der Waals surface area contributed by atoms with Crippen LogP contribution in [0.4, 0.5) is 5.69 Å². The fraction of sp³-hybridized carbons (Fsp3) is 0.304. The molecule has 2 aromatic rings. The van der Waals surface area contributed by atoms with Gasteiger partial charge in [-0.2, -0.15) is 0 Å². The molecule has 0 bridgehead atoms. The number of hydrogen-bond acceptors (Lipinski definition) is 4. The van der Waals surface area contributed by atoms with E-state index in [1.807, 2.05) is 49.4 Å². The maximum Gasteiger partial charge on any atom is 0.247 e. The van der Waals surface area contributed by atoms with Gasteiger partial charge in [0.15, 0.2) is 11.5 Å². The van der Waals surface area contributed by atoms with Gasteiger partial charge in [0.05, 0.1) is 14.2 Å². The van der Waals surface area contributed by atoms with E-state index in [4.69, 9.17) is 9.47 Å². The lowest BCUT2D eigenvalue weighted by Crippen LogP contribution is -2.45. The van der Waals surface area contributed by atoms with Crippen LogP contribution in [-0.4, -0.2) is 43.5 Å². The van der Waals surface area contributed by atoms with E-state index < -0.39 is 6.04 Å². The van der Waals surface area contributed by atoms with E-state index in [0.29, 0.717) is 23.7 Å². The van der Waals surface area contributed by atoms with Gasteiger partial charge in [0.2, 0.25) is 11.8 Å². The number of nitrogens with one attached hydrogen (secondary N) is 1. The van der Waals surface area contributed by atoms with Crippen LogP contribution in [0, 0.1) is 0 Å². The van der Waals surface area contributed by atoms with E-state index in [0.717, 1.165) is 12.0 Å². The van der Waals surface area contributed by atoms with Gasteiger partial charge in [0, 0.05) is 23.9 Å². The summed E-state index contributed by atoms with van der Waals surface area (Å²) >= 11 is 0. The quantitative estimate of drug-likeness (QED) is 0.651. The molecule has 0 aromatic heterocycles. The number of rotatable bonds is 9.